The minimum absolute atomic E-state index is 0.137. The van der Waals surface area contributed by atoms with E-state index in [2.05, 4.69) is 25.7 Å². The molecule has 0 atom stereocenters. The molecule has 2 N–H and O–H groups in total. The van der Waals surface area contributed by atoms with Crippen molar-refractivity contribution in [2.24, 2.45) is 5.10 Å². The average molecular weight is 349 g/mol. The predicted molar refractivity (Wildman–Crippen MR) is 91.4 cm³/mol. The van der Waals surface area contributed by atoms with E-state index in [4.69, 9.17) is 0 Å². The summed E-state index contributed by atoms with van der Waals surface area (Å²) in [6, 6.07) is 9.20. The number of rotatable bonds is 4. The Morgan fingerprint density at radius 3 is 3.19 bits per heavy atom. The van der Waals surface area contributed by atoms with Gasteiger partial charge in [0.2, 0.25) is 0 Å². The molecule has 130 valence electrons. The molecular formula is C17H15N7O2. The van der Waals surface area contributed by atoms with Crippen LogP contribution in [0.5, 0.6) is 5.75 Å². The van der Waals surface area contributed by atoms with Crippen molar-refractivity contribution in [3.63, 3.8) is 0 Å². The van der Waals surface area contributed by atoms with Gasteiger partial charge in [0.05, 0.1) is 11.9 Å². The summed E-state index contributed by atoms with van der Waals surface area (Å²) in [5, 5.41) is 25.3. The summed E-state index contributed by atoms with van der Waals surface area (Å²) < 4.78 is 2.66. The lowest BCUT2D eigenvalue weighted by molar-refractivity contribution is -0.584. The van der Waals surface area contributed by atoms with Crippen LogP contribution in [0.4, 0.5) is 0 Å². The Bertz CT molecular complexity index is 1140. The lowest BCUT2D eigenvalue weighted by Gasteiger charge is -2.05. The Kier molecular flexibility index (Phi) is 3.81. The van der Waals surface area contributed by atoms with E-state index < -0.39 is 5.91 Å². The maximum atomic E-state index is 12.1. The van der Waals surface area contributed by atoms with Crippen LogP contribution in [0, 0.1) is 6.92 Å². The van der Waals surface area contributed by atoms with E-state index in [1.54, 1.807) is 13.1 Å². The van der Waals surface area contributed by atoms with E-state index in [-0.39, 0.29) is 17.9 Å². The van der Waals surface area contributed by atoms with Crippen LogP contribution in [-0.4, -0.2) is 32.0 Å². The molecule has 9 heteroatoms. The molecular weight excluding hydrogens is 334 g/mol. The molecule has 0 unspecified atom stereocenters. The minimum atomic E-state index is -0.397. The van der Waals surface area contributed by atoms with Gasteiger partial charge < -0.3 is 10.1 Å². The molecule has 0 saturated carbocycles. The number of para-hydroxylation sites is 1. The fourth-order valence-corrected chi connectivity index (χ4v) is 2.77. The van der Waals surface area contributed by atoms with Gasteiger partial charge in [-0.25, -0.2) is 5.43 Å². The van der Waals surface area contributed by atoms with Gasteiger partial charge >= 0.3 is 0 Å². The van der Waals surface area contributed by atoms with Crippen molar-refractivity contribution in [2.45, 2.75) is 13.5 Å². The average Bonchev–Trinajstić information content (AvgIpc) is 3.19. The number of aromatic amines is 1. The Morgan fingerprint density at radius 2 is 2.31 bits per heavy atom. The second-order valence-electron chi connectivity index (χ2n) is 5.79. The zero-order valence-corrected chi connectivity index (χ0v) is 13.9. The molecule has 3 heterocycles. The molecule has 1 aromatic carbocycles. The van der Waals surface area contributed by atoms with E-state index in [1.165, 1.54) is 21.6 Å². The fourth-order valence-electron chi connectivity index (χ4n) is 2.77. The van der Waals surface area contributed by atoms with Gasteiger partial charge in [-0.1, -0.05) is 22.9 Å². The first kappa shape index (κ1) is 15.8. The number of aryl methyl sites for hydroxylation is 1. The summed E-state index contributed by atoms with van der Waals surface area (Å²) in [7, 11) is 0. The quantitative estimate of drug-likeness (QED) is 0.307. The van der Waals surface area contributed by atoms with E-state index >= 15 is 0 Å². The number of amides is 1. The van der Waals surface area contributed by atoms with Crippen LogP contribution < -0.4 is 15.0 Å². The van der Waals surface area contributed by atoms with Crippen molar-refractivity contribution in [1.82, 2.24) is 25.3 Å². The summed E-state index contributed by atoms with van der Waals surface area (Å²) in [5.41, 5.74) is 5.11. The smallest absolute Gasteiger partial charge is 0.289 e. The molecule has 0 radical (unpaired) electrons. The molecule has 0 aliphatic rings. The van der Waals surface area contributed by atoms with Crippen LogP contribution in [0.15, 0.2) is 48.0 Å². The number of carbonyl (C=O) groups is 1. The number of hydrazone groups is 1. The Balaban J connectivity index is 1.48. The highest BCUT2D eigenvalue weighted by molar-refractivity contribution is 5.99. The number of fused-ring (bicyclic) bond motifs is 2. The third-order valence-electron chi connectivity index (χ3n) is 3.90. The Morgan fingerprint density at radius 1 is 1.46 bits per heavy atom. The van der Waals surface area contributed by atoms with Crippen molar-refractivity contribution in [3.05, 3.63) is 54.1 Å². The summed E-state index contributed by atoms with van der Waals surface area (Å²) in [4.78, 5) is 15.2. The normalized spacial score (nSPS) is 11.6. The van der Waals surface area contributed by atoms with Crippen LogP contribution in [0.1, 0.15) is 11.3 Å². The molecule has 0 saturated heterocycles. The predicted octanol–water partition coefficient (Wildman–Crippen LogP) is 0.0304. The van der Waals surface area contributed by atoms with Gasteiger partial charge in [0.1, 0.15) is 0 Å². The van der Waals surface area contributed by atoms with Crippen LogP contribution in [0.3, 0.4) is 0 Å². The lowest BCUT2D eigenvalue weighted by atomic mass is 10.2. The van der Waals surface area contributed by atoms with Crippen LogP contribution in [0.25, 0.3) is 16.6 Å². The second kappa shape index (κ2) is 6.28. The van der Waals surface area contributed by atoms with Crippen LogP contribution >= 0.6 is 0 Å². The molecule has 4 rings (SSSR count). The molecule has 0 aliphatic carbocycles. The van der Waals surface area contributed by atoms with Crippen LogP contribution in [-0.2, 0) is 11.3 Å². The van der Waals surface area contributed by atoms with Crippen molar-refractivity contribution in [1.29, 1.82) is 0 Å². The van der Waals surface area contributed by atoms with Gasteiger partial charge in [-0.3, -0.25) is 4.79 Å². The van der Waals surface area contributed by atoms with E-state index in [0.29, 0.717) is 5.69 Å². The molecule has 9 nitrogen and oxygen atoms in total. The van der Waals surface area contributed by atoms with Gasteiger partial charge in [-0.15, -0.1) is 9.61 Å². The first-order valence-electron chi connectivity index (χ1n) is 7.92. The number of hydrogen-bond donors (Lipinski definition) is 2. The number of nitrogens with zero attached hydrogens (tertiary/aromatic N) is 5. The van der Waals surface area contributed by atoms with Gasteiger partial charge in [0.25, 0.3) is 17.9 Å². The number of carbonyl (C=O) groups excluding carboxylic acids is 1. The SMILES string of the molecule is Cc1cc([O-])c2n(CC(=O)N/N=C/c3c[nH]c4ccccc34)nc[n+]2n1. The minimum Gasteiger partial charge on any atom is -0.868 e. The van der Waals surface area contributed by atoms with Crippen molar-refractivity contribution < 1.29 is 14.4 Å². The summed E-state index contributed by atoms with van der Waals surface area (Å²) in [6.07, 6.45) is 4.78. The first-order chi connectivity index (χ1) is 12.6. The van der Waals surface area contributed by atoms with Crippen LogP contribution in [0.2, 0.25) is 0 Å². The number of nitrogens with one attached hydrogen (secondary N) is 2. The zero-order valence-electron chi connectivity index (χ0n) is 13.9. The third-order valence-corrected chi connectivity index (χ3v) is 3.90. The van der Waals surface area contributed by atoms with E-state index in [9.17, 15) is 9.90 Å². The summed E-state index contributed by atoms with van der Waals surface area (Å²) >= 11 is 0. The Hall–Kier alpha value is -3.75. The largest absolute Gasteiger partial charge is 0.868 e. The first-order valence-corrected chi connectivity index (χ1v) is 7.92. The summed E-state index contributed by atoms with van der Waals surface area (Å²) in [6.45, 7) is 1.58. The Labute approximate surface area is 147 Å². The fraction of sp³-hybridized carbons (Fsp3) is 0.118. The van der Waals surface area contributed by atoms with E-state index in [1.807, 2.05) is 30.5 Å². The summed E-state index contributed by atoms with van der Waals surface area (Å²) in [5.74, 6) is -0.642. The maximum Gasteiger partial charge on any atom is 0.289 e. The molecule has 0 spiro atoms. The zero-order chi connectivity index (χ0) is 18.1. The molecule has 26 heavy (non-hydrogen) atoms. The molecule has 4 aromatic rings. The molecule has 0 bridgehead atoms. The molecule has 0 aliphatic heterocycles. The standard InChI is InChI=1S/C17H14N7O2/c1-11-6-15(25)17-23(20-10-24(17)22-11)9-16(26)21-19-8-12-7-18-14-5-3-2-4-13(12)14/h2-8,10,25H,9H2,1H3/q-1/p+1. The third kappa shape index (κ3) is 2.86. The number of benzene rings is 1. The van der Waals surface area contributed by atoms with Crippen molar-refractivity contribution in [3.8, 4) is 5.75 Å². The molecule has 3 aromatic heterocycles. The molecule has 0 fully saturated rings. The number of H-pyrrole nitrogens is 1. The highest BCUT2D eigenvalue weighted by atomic mass is 16.3. The topological polar surface area (TPSA) is 115 Å². The lowest BCUT2D eigenvalue weighted by Crippen LogP contribution is -2.29. The van der Waals surface area contributed by atoms with E-state index in [0.717, 1.165) is 16.5 Å². The van der Waals surface area contributed by atoms with Gasteiger partial charge in [-0.2, -0.15) is 5.10 Å². The van der Waals surface area contributed by atoms with Crippen molar-refractivity contribution >= 4 is 28.7 Å². The molecule has 1 amide bonds. The van der Waals surface area contributed by atoms with Gasteiger partial charge in [-0.05, 0) is 24.8 Å². The second-order valence-corrected chi connectivity index (χ2v) is 5.79. The number of aromatic nitrogens is 5. The maximum absolute atomic E-state index is 12.1. The van der Waals surface area contributed by atoms with Gasteiger partial charge in [0.15, 0.2) is 6.54 Å². The monoisotopic (exact) mass is 349 g/mol. The highest BCUT2D eigenvalue weighted by Gasteiger charge is 2.17. The van der Waals surface area contributed by atoms with Crippen molar-refractivity contribution in [2.75, 3.05) is 0 Å². The number of hydrogen-bond acceptors (Lipinski definition) is 5. The van der Waals surface area contributed by atoms with Gasteiger partial charge in [0, 0.05) is 27.8 Å². The highest BCUT2D eigenvalue weighted by Crippen LogP contribution is 2.15.